The molecular weight excluding hydrogens is 290 g/mol. The van der Waals surface area contributed by atoms with Gasteiger partial charge in [0.15, 0.2) is 0 Å². The van der Waals surface area contributed by atoms with Crippen molar-refractivity contribution in [3.05, 3.63) is 35.4 Å². The molecule has 0 aliphatic heterocycles. The van der Waals surface area contributed by atoms with E-state index in [9.17, 15) is 9.59 Å². The Kier molecular flexibility index (Phi) is 7.79. The van der Waals surface area contributed by atoms with Crippen LogP contribution in [-0.4, -0.2) is 23.5 Å². The predicted molar refractivity (Wildman–Crippen MR) is 92.6 cm³/mol. The first-order chi connectivity index (χ1) is 10.8. The zero-order chi connectivity index (χ0) is 17.3. The van der Waals surface area contributed by atoms with Crippen molar-refractivity contribution < 1.29 is 14.7 Å². The molecule has 0 unspecified atom stereocenters. The highest BCUT2D eigenvalue weighted by Crippen LogP contribution is 2.23. The number of benzene rings is 1. The van der Waals surface area contributed by atoms with Crippen molar-refractivity contribution in [3.63, 3.8) is 0 Å². The zero-order valence-electron chi connectivity index (χ0n) is 14.5. The molecule has 0 atom stereocenters. The van der Waals surface area contributed by atoms with Crippen molar-refractivity contribution in [1.82, 2.24) is 5.32 Å². The van der Waals surface area contributed by atoms with Crippen LogP contribution in [0.15, 0.2) is 24.3 Å². The molecule has 4 heteroatoms. The van der Waals surface area contributed by atoms with E-state index in [0.29, 0.717) is 6.54 Å². The number of hydrogen-bond acceptors (Lipinski definition) is 2. The fourth-order valence-corrected chi connectivity index (χ4v) is 2.46. The molecule has 0 saturated heterocycles. The molecule has 0 aliphatic carbocycles. The molecule has 0 bridgehead atoms. The van der Waals surface area contributed by atoms with Crippen LogP contribution in [0, 0.1) is 6.92 Å². The van der Waals surface area contributed by atoms with Crippen LogP contribution in [0.5, 0.6) is 0 Å². The number of rotatable bonds is 10. The second-order valence-electron chi connectivity index (χ2n) is 6.66. The predicted octanol–water partition coefficient (Wildman–Crippen LogP) is 3.81. The van der Waals surface area contributed by atoms with Gasteiger partial charge in [0.05, 0.1) is 5.41 Å². The summed E-state index contributed by atoms with van der Waals surface area (Å²) in [5.41, 5.74) is 1.68. The van der Waals surface area contributed by atoms with Crippen LogP contribution < -0.4 is 5.32 Å². The molecule has 23 heavy (non-hydrogen) atoms. The molecule has 1 amide bonds. The molecule has 1 aromatic carbocycles. The van der Waals surface area contributed by atoms with Gasteiger partial charge in [0.2, 0.25) is 5.91 Å². The number of carboxylic acid groups (broad SMARTS) is 1. The normalized spacial score (nSPS) is 11.3. The van der Waals surface area contributed by atoms with Crippen molar-refractivity contribution in [3.8, 4) is 0 Å². The molecule has 2 N–H and O–H groups in total. The Morgan fingerprint density at radius 2 is 1.57 bits per heavy atom. The first-order valence-corrected chi connectivity index (χ1v) is 8.41. The number of amides is 1. The smallest absolute Gasteiger partial charge is 0.303 e. The third-order valence-corrected chi connectivity index (χ3v) is 4.19. The van der Waals surface area contributed by atoms with E-state index in [4.69, 9.17) is 5.11 Å². The fourth-order valence-electron chi connectivity index (χ4n) is 2.46. The standard InChI is InChI=1S/C19H29NO3/c1-15-10-12-16(13-11-15)19(2,3)18(23)20-14-8-6-4-5-7-9-17(21)22/h10-13H,4-9,14H2,1-3H3,(H,20,23)(H,21,22). The van der Waals surface area contributed by atoms with Gasteiger partial charge in [-0.25, -0.2) is 0 Å². The van der Waals surface area contributed by atoms with Gasteiger partial charge in [-0.3, -0.25) is 9.59 Å². The maximum atomic E-state index is 12.4. The Bertz CT molecular complexity index is 506. The van der Waals surface area contributed by atoms with Gasteiger partial charge < -0.3 is 10.4 Å². The Morgan fingerprint density at radius 3 is 2.17 bits per heavy atom. The van der Waals surface area contributed by atoms with Crippen LogP contribution in [0.1, 0.15) is 63.5 Å². The van der Waals surface area contributed by atoms with Gasteiger partial charge >= 0.3 is 5.97 Å². The lowest BCUT2D eigenvalue weighted by molar-refractivity contribution is -0.137. The number of carbonyl (C=O) groups excluding carboxylic acids is 1. The number of carboxylic acids is 1. The van der Waals surface area contributed by atoms with Gasteiger partial charge in [-0.15, -0.1) is 0 Å². The molecule has 1 rings (SSSR count). The summed E-state index contributed by atoms with van der Waals surface area (Å²) < 4.78 is 0. The minimum Gasteiger partial charge on any atom is -0.481 e. The molecular formula is C19H29NO3. The van der Waals surface area contributed by atoms with E-state index in [1.807, 2.05) is 45.0 Å². The summed E-state index contributed by atoms with van der Waals surface area (Å²) in [7, 11) is 0. The maximum Gasteiger partial charge on any atom is 0.303 e. The number of unbranched alkanes of at least 4 members (excludes halogenated alkanes) is 4. The fraction of sp³-hybridized carbons (Fsp3) is 0.579. The lowest BCUT2D eigenvalue weighted by Crippen LogP contribution is -2.40. The van der Waals surface area contributed by atoms with Crippen LogP contribution in [-0.2, 0) is 15.0 Å². The van der Waals surface area contributed by atoms with E-state index in [1.54, 1.807) is 0 Å². The van der Waals surface area contributed by atoms with E-state index in [0.717, 1.165) is 37.7 Å². The van der Waals surface area contributed by atoms with Gasteiger partial charge in [-0.05, 0) is 39.2 Å². The molecule has 0 radical (unpaired) electrons. The Morgan fingerprint density at radius 1 is 1.00 bits per heavy atom. The first-order valence-electron chi connectivity index (χ1n) is 8.41. The summed E-state index contributed by atoms with van der Waals surface area (Å²) in [5.74, 6) is -0.678. The topological polar surface area (TPSA) is 66.4 Å². The Balaban J connectivity index is 2.25. The summed E-state index contributed by atoms with van der Waals surface area (Å²) in [6, 6.07) is 8.08. The Hall–Kier alpha value is -1.84. The van der Waals surface area contributed by atoms with Gasteiger partial charge in [0.25, 0.3) is 0 Å². The molecule has 0 fully saturated rings. The second kappa shape index (κ2) is 9.33. The van der Waals surface area contributed by atoms with Crippen molar-refractivity contribution in [2.75, 3.05) is 6.54 Å². The van der Waals surface area contributed by atoms with E-state index in [-0.39, 0.29) is 12.3 Å². The molecule has 0 aliphatic rings. The summed E-state index contributed by atoms with van der Waals surface area (Å²) in [5, 5.41) is 11.6. The Labute approximate surface area is 139 Å². The molecule has 1 aromatic rings. The third-order valence-electron chi connectivity index (χ3n) is 4.19. The van der Waals surface area contributed by atoms with Crippen molar-refractivity contribution in [1.29, 1.82) is 0 Å². The summed E-state index contributed by atoms with van der Waals surface area (Å²) >= 11 is 0. The highest BCUT2D eigenvalue weighted by molar-refractivity contribution is 5.87. The molecule has 128 valence electrons. The monoisotopic (exact) mass is 319 g/mol. The highest BCUT2D eigenvalue weighted by Gasteiger charge is 2.29. The van der Waals surface area contributed by atoms with Crippen molar-refractivity contribution >= 4 is 11.9 Å². The maximum absolute atomic E-state index is 12.4. The SMILES string of the molecule is Cc1ccc(C(C)(C)C(=O)NCCCCCCCC(=O)O)cc1. The number of nitrogens with one attached hydrogen (secondary N) is 1. The minimum atomic E-state index is -0.726. The van der Waals surface area contributed by atoms with Gasteiger partial charge in [-0.2, -0.15) is 0 Å². The van der Waals surface area contributed by atoms with Crippen molar-refractivity contribution in [2.45, 2.75) is 64.7 Å². The third kappa shape index (κ3) is 6.85. The van der Waals surface area contributed by atoms with Crippen LogP contribution in [0.2, 0.25) is 0 Å². The lowest BCUT2D eigenvalue weighted by atomic mass is 9.83. The zero-order valence-corrected chi connectivity index (χ0v) is 14.5. The summed E-state index contributed by atoms with van der Waals surface area (Å²) in [6.45, 7) is 6.60. The van der Waals surface area contributed by atoms with Crippen molar-refractivity contribution in [2.24, 2.45) is 0 Å². The van der Waals surface area contributed by atoms with E-state index < -0.39 is 11.4 Å². The minimum absolute atomic E-state index is 0.0484. The number of hydrogen-bond donors (Lipinski definition) is 2. The van der Waals surface area contributed by atoms with Crippen LogP contribution in [0.3, 0.4) is 0 Å². The van der Waals surface area contributed by atoms with Crippen LogP contribution >= 0.6 is 0 Å². The van der Waals surface area contributed by atoms with Crippen LogP contribution in [0.4, 0.5) is 0 Å². The second-order valence-corrected chi connectivity index (χ2v) is 6.66. The van der Waals surface area contributed by atoms with E-state index >= 15 is 0 Å². The molecule has 0 saturated carbocycles. The van der Waals surface area contributed by atoms with E-state index in [2.05, 4.69) is 5.32 Å². The largest absolute Gasteiger partial charge is 0.481 e. The average Bonchev–Trinajstić information content (AvgIpc) is 2.49. The van der Waals surface area contributed by atoms with E-state index in [1.165, 1.54) is 5.56 Å². The number of carbonyl (C=O) groups is 2. The average molecular weight is 319 g/mol. The molecule has 0 aromatic heterocycles. The molecule has 0 spiro atoms. The summed E-state index contributed by atoms with van der Waals surface area (Å²) in [6.07, 6.45) is 4.90. The highest BCUT2D eigenvalue weighted by atomic mass is 16.4. The van der Waals surface area contributed by atoms with Gasteiger partial charge in [-0.1, -0.05) is 49.1 Å². The lowest BCUT2D eigenvalue weighted by Gasteiger charge is -2.24. The van der Waals surface area contributed by atoms with Gasteiger partial charge in [0.1, 0.15) is 0 Å². The molecule has 4 nitrogen and oxygen atoms in total. The summed E-state index contributed by atoms with van der Waals surface area (Å²) in [4.78, 5) is 22.8. The quantitative estimate of drug-likeness (QED) is 0.644. The van der Waals surface area contributed by atoms with Gasteiger partial charge in [0, 0.05) is 13.0 Å². The molecule has 0 heterocycles. The number of aliphatic carboxylic acids is 1. The number of aryl methyl sites for hydroxylation is 1. The first kappa shape index (κ1) is 19.2. The van der Waals surface area contributed by atoms with Crippen LogP contribution in [0.25, 0.3) is 0 Å².